The van der Waals surface area contributed by atoms with Crippen molar-refractivity contribution in [2.45, 2.75) is 40.3 Å². The second kappa shape index (κ2) is 7.95. The summed E-state index contributed by atoms with van der Waals surface area (Å²) in [6.45, 7) is 15.0. The van der Waals surface area contributed by atoms with E-state index in [2.05, 4.69) is 59.9 Å². The molecule has 0 bridgehead atoms. The van der Waals surface area contributed by atoms with Crippen LogP contribution in [0.4, 0.5) is 5.95 Å². The summed E-state index contributed by atoms with van der Waals surface area (Å²) in [7, 11) is 0. The summed E-state index contributed by atoms with van der Waals surface area (Å²) in [6.07, 6.45) is 3.08. The highest BCUT2D eigenvalue weighted by atomic mass is 15.3. The van der Waals surface area contributed by atoms with Gasteiger partial charge in [-0.15, -0.1) is 0 Å². The molecular formula is C22H31N5. The molecule has 2 aliphatic rings. The minimum Gasteiger partial charge on any atom is -0.338 e. The zero-order valence-electron chi connectivity index (χ0n) is 16.9. The molecular weight excluding hydrogens is 334 g/mol. The lowest BCUT2D eigenvalue weighted by Gasteiger charge is -2.35. The van der Waals surface area contributed by atoms with Crippen molar-refractivity contribution in [1.29, 1.82) is 0 Å². The molecule has 1 aromatic carbocycles. The van der Waals surface area contributed by atoms with Gasteiger partial charge in [0, 0.05) is 64.0 Å². The molecule has 2 aliphatic heterocycles. The molecule has 27 heavy (non-hydrogen) atoms. The van der Waals surface area contributed by atoms with Gasteiger partial charge in [-0.1, -0.05) is 25.1 Å². The Balaban J connectivity index is 1.41. The molecule has 4 rings (SSSR count). The minimum absolute atomic E-state index is 0.923. The highest BCUT2D eigenvalue weighted by Crippen LogP contribution is 2.22. The molecule has 5 heteroatoms. The number of aryl methyl sites for hydroxylation is 2. The van der Waals surface area contributed by atoms with Crippen LogP contribution in [0.3, 0.4) is 0 Å². The molecule has 144 valence electrons. The first-order valence-corrected chi connectivity index (χ1v) is 10.2. The first kappa shape index (κ1) is 18.4. The zero-order valence-corrected chi connectivity index (χ0v) is 16.9. The Morgan fingerprint density at radius 3 is 2.52 bits per heavy atom. The molecule has 3 heterocycles. The van der Waals surface area contributed by atoms with Crippen molar-refractivity contribution in [3.8, 4) is 0 Å². The molecule has 0 atom stereocenters. The van der Waals surface area contributed by atoms with E-state index in [-0.39, 0.29) is 0 Å². The lowest BCUT2D eigenvalue weighted by atomic mass is 10.0. The van der Waals surface area contributed by atoms with Gasteiger partial charge in [0.05, 0.1) is 5.69 Å². The number of rotatable bonds is 4. The number of aromatic nitrogens is 2. The van der Waals surface area contributed by atoms with Gasteiger partial charge in [0.25, 0.3) is 0 Å². The van der Waals surface area contributed by atoms with Gasteiger partial charge in [-0.25, -0.2) is 9.97 Å². The maximum Gasteiger partial charge on any atom is 0.225 e. The number of anilines is 1. The van der Waals surface area contributed by atoms with Crippen molar-refractivity contribution in [2.24, 2.45) is 0 Å². The fourth-order valence-electron chi connectivity index (χ4n) is 4.08. The summed E-state index contributed by atoms with van der Waals surface area (Å²) < 4.78 is 0. The normalized spacial score (nSPS) is 18.6. The largest absolute Gasteiger partial charge is 0.338 e. The summed E-state index contributed by atoms with van der Waals surface area (Å²) in [4.78, 5) is 17.0. The number of benzene rings is 1. The van der Waals surface area contributed by atoms with Gasteiger partial charge in [0.2, 0.25) is 5.95 Å². The van der Waals surface area contributed by atoms with Crippen LogP contribution in [0, 0.1) is 13.8 Å². The van der Waals surface area contributed by atoms with Gasteiger partial charge < -0.3 is 9.80 Å². The molecule has 0 amide bonds. The molecule has 0 radical (unpaired) electrons. The van der Waals surface area contributed by atoms with E-state index in [9.17, 15) is 0 Å². The first-order valence-electron chi connectivity index (χ1n) is 10.2. The van der Waals surface area contributed by atoms with E-state index >= 15 is 0 Å². The fraction of sp³-hybridized carbons (Fsp3) is 0.545. The van der Waals surface area contributed by atoms with Crippen LogP contribution in [0.2, 0.25) is 0 Å². The molecule has 0 aliphatic carbocycles. The van der Waals surface area contributed by atoms with Crippen LogP contribution in [0.15, 0.2) is 24.4 Å². The summed E-state index contributed by atoms with van der Waals surface area (Å²) in [5.41, 5.74) is 6.67. The molecule has 1 saturated heterocycles. The third kappa shape index (κ3) is 4.14. The molecule has 0 unspecified atom stereocenters. The number of hydrogen-bond acceptors (Lipinski definition) is 5. The Morgan fingerprint density at radius 1 is 0.963 bits per heavy atom. The quantitative estimate of drug-likeness (QED) is 0.833. The molecule has 0 spiro atoms. The van der Waals surface area contributed by atoms with Crippen molar-refractivity contribution in [3.05, 3.63) is 52.3 Å². The van der Waals surface area contributed by atoms with Gasteiger partial charge >= 0.3 is 0 Å². The minimum atomic E-state index is 0.923. The van der Waals surface area contributed by atoms with Crippen LogP contribution in [0.25, 0.3) is 0 Å². The Labute approximate surface area is 163 Å². The Kier molecular flexibility index (Phi) is 5.41. The Morgan fingerprint density at radius 2 is 1.78 bits per heavy atom. The molecule has 1 aromatic heterocycles. The molecule has 2 aromatic rings. The van der Waals surface area contributed by atoms with E-state index in [4.69, 9.17) is 9.97 Å². The zero-order chi connectivity index (χ0) is 18.8. The van der Waals surface area contributed by atoms with E-state index < -0.39 is 0 Å². The maximum atomic E-state index is 4.92. The first-order chi connectivity index (χ1) is 13.1. The fourth-order valence-corrected chi connectivity index (χ4v) is 4.08. The van der Waals surface area contributed by atoms with Crippen molar-refractivity contribution in [2.75, 3.05) is 44.2 Å². The predicted molar refractivity (Wildman–Crippen MR) is 110 cm³/mol. The van der Waals surface area contributed by atoms with Gasteiger partial charge in [-0.2, -0.15) is 0 Å². The van der Waals surface area contributed by atoms with Crippen LogP contribution in [-0.4, -0.2) is 59.0 Å². The van der Waals surface area contributed by atoms with Gasteiger partial charge in [0.1, 0.15) is 0 Å². The van der Waals surface area contributed by atoms with Gasteiger partial charge in [-0.05, 0) is 37.1 Å². The monoisotopic (exact) mass is 365 g/mol. The second-order valence-electron chi connectivity index (χ2n) is 7.94. The van der Waals surface area contributed by atoms with Crippen LogP contribution in [-0.2, 0) is 19.5 Å². The van der Waals surface area contributed by atoms with Crippen molar-refractivity contribution in [1.82, 2.24) is 19.8 Å². The summed E-state index contributed by atoms with van der Waals surface area (Å²) in [5.74, 6) is 0.923. The predicted octanol–water partition coefficient (Wildman–Crippen LogP) is 2.79. The third-order valence-corrected chi connectivity index (χ3v) is 6.08. The molecule has 0 saturated carbocycles. The SMILES string of the molecule is CCN1CCN(c2ncc3c(n2)CCN(Cc2ccc(C)c(C)c2)C3)CC1. The standard InChI is InChI=1S/C22H31N5/c1-4-25-9-11-27(12-10-25)22-23-14-20-16-26(8-7-21(20)24-22)15-19-6-5-17(2)18(3)13-19/h5-6,13-14H,4,7-12,15-16H2,1-3H3. The van der Waals surface area contributed by atoms with Crippen molar-refractivity contribution in [3.63, 3.8) is 0 Å². The topological polar surface area (TPSA) is 35.5 Å². The van der Waals surface area contributed by atoms with Crippen LogP contribution in [0.1, 0.15) is 34.9 Å². The lowest BCUT2D eigenvalue weighted by molar-refractivity contribution is 0.242. The Hall–Kier alpha value is -1.98. The highest BCUT2D eigenvalue weighted by molar-refractivity contribution is 5.35. The molecule has 1 fully saturated rings. The van der Waals surface area contributed by atoms with Crippen LogP contribution in [0.5, 0.6) is 0 Å². The van der Waals surface area contributed by atoms with Crippen molar-refractivity contribution >= 4 is 5.95 Å². The lowest BCUT2D eigenvalue weighted by Crippen LogP contribution is -2.47. The third-order valence-electron chi connectivity index (χ3n) is 6.08. The number of likely N-dealkylation sites (N-methyl/N-ethyl adjacent to an activating group) is 1. The molecule has 0 N–H and O–H groups in total. The average molecular weight is 366 g/mol. The summed E-state index contributed by atoms with van der Waals surface area (Å²) >= 11 is 0. The van der Waals surface area contributed by atoms with E-state index in [0.717, 1.165) is 64.7 Å². The summed E-state index contributed by atoms with van der Waals surface area (Å²) in [5, 5.41) is 0. The molecule has 5 nitrogen and oxygen atoms in total. The number of piperazine rings is 1. The van der Waals surface area contributed by atoms with Gasteiger partial charge in [0.15, 0.2) is 0 Å². The second-order valence-corrected chi connectivity index (χ2v) is 7.94. The van der Waals surface area contributed by atoms with E-state index in [0.29, 0.717) is 0 Å². The maximum absolute atomic E-state index is 4.92. The van der Waals surface area contributed by atoms with Crippen molar-refractivity contribution < 1.29 is 0 Å². The van der Waals surface area contributed by atoms with Crippen LogP contribution >= 0.6 is 0 Å². The smallest absolute Gasteiger partial charge is 0.225 e. The highest BCUT2D eigenvalue weighted by Gasteiger charge is 2.22. The van der Waals surface area contributed by atoms with E-state index in [1.807, 2.05) is 0 Å². The van der Waals surface area contributed by atoms with E-state index in [1.54, 1.807) is 0 Å². The average Bonchev–Trinajstić information content (AvgIpc) is 2.70. The number of fused-ring (bicyclic) bond motifs is 1. The van der Waals surface area contributed by atoms with Gasteiger partial charge in [-0.3, -0.25) is 4.90 Å². The van der Waals surface area contributed by atoms with E-state index in [1.165, 1.54) is 27.9 Å². The number of hydrogen-bond donors (Lipinski definition) is 0. The Bertz CT molecular complexity index is 795. The summed E-state index contributed by atoms with van der Waals surface area (Å²) in [6, 6.07) is 6.81. The van der Waals surface area contributed by atoms with Crippen LogP contribution < -0.4 is 4.90 Å². The number of nitrogens with zero attached hydrogens (tertiary/aromatic N) is 5.